The predicted octanol–water partition coefficient (Wildman–Crippen LogP) is 2.67. The van der Waals surface area contributed by atoms with Gasteiger partial charge in [0.1, 0.15) is 0 Å². The summed E-state index contributed by atoms with van der Waals surface area (Å²) >= 11 is 0. The van der Waals surface area contributed by atoms with Crippen molar-refractivity contribution in [3.8, 4) is 0 Å². The fourth-order valence-corrected chi connectivity index (χ4v) is 3.75. The molecule has 0 aliphatic carbocycles. The molecular weight excluding hydrogens is 348 g/mol. The lowest BCUT2D eigenvalue weighted by Gasteiger charge is -2.17. The smallest absolute Gasteiger partial charge is 0.242 e. The van der Waals surface area contributed by atoms with Crippen LogP contribution in [0.5, 0.6) is 0 Å². The highest BCUT2D eigenvalue weighted by Crippen LogP contribution is 2.14. The van der Waals surface area contributed by atoms with Gasteiger partial charge in [-0.2, -0.15) is 4.31 Å². The average molecular weight is 375 g/mol. The van der Waals surface area contributed by atoms with Gasteiger partial charge in [0.25, 0.3) is 0 Å². The van der Waals surface area contributed by atoms with Crippen molar-refractivity contribution >= 4 is 15.9 Å². The Morgan fingerprint density at radius 2 is 1.73 bits per heavy atom. The highest BCUT2D eigenvalue weighted by molar-refractivity contribution is 7.89. The van der Waals surface area contributed by atoms with Gasteiger partial charge in [-0.05, 0) is 38.0 Å². The van der Waals surface area contributed by atoms with Crippen LogP contribution in [-0.4, -0.2) is 38.8 Å². The van der Waals surface area contributed by atoms with Gasteiger partial charge in [-0.15, -0.1) is 0 Å². The van der Waals surface area contributed by atoms with E-state index in [0.29, 0.717) is 12.8 Å². The topological polar surface area (TPSA) is 66.5 Å². The number of hydrogen-bond acceptors (Lipinski definition) is 3. The van der Waals surface area contributed by atoms with Crippen molar-refractivity contribution in [1.82, 2.24) is 9.62 Å². The molecule has 0 heterocycles. The fourth-order valence-electron chi connectivity index (χ4n) is 2.58. The van der Waals surface area contributed by atoms with Gasteiger partial charge in [-0.1, -0.05) is 47.5 Å². The zero-order chi connectivity index (χ0) is 19.2. The number of sulfonamides is 1. The Balaban J connectivity index is 1.79. The molecule has 0 unspecified atom stereocenters. The van der Waals surface area contributed by atoms with Crippen LogP contribution in [0.2, 0.25) is 0 Å². The summed E-state index contributed by atoms with van der Waals surface area (Å²) in [6.45, 7) is 4.45. The van der Waals surface area contributed by atoms with E-state index in [4.69, 9.17) is 0 Å². The molecule has 0 aliphatic rings. The second-order valence-electron chi connectivity index (χ2n) is 6.48. The molecule has 0 radical (unpaired) electrons. The largest absolute Gasteiger partial charge is 0.355 e. The molecule has 2 rings (SSSR count). The number of benzene rings is 2. The van der Waals surface area contributed by atoms with Gasteiger partial charge in [0.05, 0.1) is 4.90 Å². The Morgan fingerprint density at radius 1 is 1.04 bits per heavy atom. The van der Waals surface area contributed by atoms with Crippen molar-refractivity contribution in [3.05, 3.63) is 65.2 Å². The molecule has 1 N–H and O–H groups in total. The molecule has 26 heavy (non-hydrogen) atoms. The summed E-state index contributed by atoms with van der Waals surface area (Å²) in [5.41, 5.74) is 3.30. The van der Waals surface area contributed by atoms with Gasteiger partial charge in [0, 0.05) is 26.6 Å². The maximum atomic E-state index is 12.5. The Hall–Kier alpha value is -2.18. The van der Waals surface area contributed by atoms with Gasteiger partial charge in [0.2, 0.25) is 15.9 Å². The predicted molar refractivity (Wildman–Crippen MR) is 104 cm³/mol. The minimum Gasteiger partial charge on any atom is -0.355 e. The summed E-state index contributed by atoms with van der Waals surface area (Å²) in [6.07, 6.45) is 1.06. The summed E-state index contributed by atoms with van der Waals surface area (Å²) in [5, 5.41) is 2.79. The SMILES string of the molecule is Cc1ccc(S(=O)(=O)N(C)CCNC(=O)CCc2cccc(C)c2)cc1. The third-order valence-electron chi connectivity index (χ3n) is 4.20. The lowest BCUT2D eigenvalue weighted by molar-refractivity contribution is -0.121. The maximum Gasteiger partial charge on any atom is 0.242 e. The van der Waals surface area contributed by atoms with E-state index in [-0.39, 0.29) is 23.9 Å². The van der Waals surface area contributed by atoms with Crippen molar-refractivity contribution < 1.29 is 13.2 Å². The first kappa shape index (κ1) is 20.1. The maximum absolute atomic E-state index is 12.5. The van der Waals surface area contributed by atoms with Crippen LogP contribution in [0.1, 0.15) is 23.1 Å². The summed E-state index contributed by atoms with van der Waals surface area (Å²) in [7, 11) is -2.01. The second-order valence-corrected chi connectivity index (χ2v) is 8.52. The first-order valence-corrected chi connectivity index (χ1v) is 10.1. The highest BCUT2D eigenvalue weighted by atomic mass is 32.2. The Kier molecular flexibility index (Phi) is 6.94. The summed E-state index contributed by atoms with van der Waals surface area (Å²) in [6, 6.07) is 14.8. The van der Waals surface area contributed by atoms with Crippen LogP contribution in [0.15, 0.2) is 53.4 Å². The third kappa shape index (κ3) is 5.68. The number of aryl methyl sites for hydroxylation is 3. The van der Waals surface area contributed by atoms with E-state index in [1.165, 1.54) is 16.9 Å². The van der Waals surface area contributed by atoms with Crippen LogP contribution in [0.4, 0.5) is 0 Å². The number of nitrogens with zero attached hydrogens (tertiary/aromatic N) is 1. The minimum atomic E-state index is -3.53. The monoisotopic (exact) mass is 374 g/mol. The van der Waals surface area contributed by atoms with Gasteiger partial charge < -0.3 is 5.32 Å². The molecule has 1 amide bonds. The Labute approximate surface area is 156 Å². The molecule has 0 fully saturated rings. The van der Waals surface area contributed by atoms with E-state index < -0.39 is 10.0 Å². The number of amides is 1. The fraction of sp³-hybridized carbons (Fsp3) is 0.350. The number of rotatable bonds is 8. The Morgan fingerprint density at radius 3 is 2.38 bits per heavy atom. The first-order valence-electron chi connectivity index (χ1n) is 8.64. The molecule has 0 saturated carbocycles. The number of carbonyl (C=O) groups is 1. The van der Waals surface area contributed by atoms with Gasteiger partial charge >= 0.3 is 0 Å². The molecule has 0 saturated heterocycles. The number of nitrogens with one attached hydrogen (secondary N) is 1. The summed E-state index contributed by atoms with van der Waals surface area (Å²) in [4.78, 5) is 12.2. The molecule has 0 atom stereocenters. The van der Waals surface area contributed by atoms with Crippen LogP contribution >= 0.6 is 0 Å². The van der Waals surface area contributed by atoms with Crippen LogP contribution in [-0.2, 0) is 21.2 Å². The van der Waals surface area contributed by atoms with E-state index >= 15 is 0 Å². The van der Waals surface area contributed by atoms with E-state index in [0.717, 1.165) is 11.1 Å². The van der Waals surface area contributed by atoms with Crippen molar-refractivity contribution in [3.63, 3.8) is 0 Å². The zero-order valence-corrected chi connectivity index (χ0v) is 16.3. The van der Waals surface area contributed by atoms with Crippen molar-refractivity contribution in [2.24, 2.45) is 0 Å². The standard InChI is InChI=1S/C20H26N2O3S/c1-16-7-10-19(11-8-16)26(24,25)22(3)14-13-21-20(23)12-9-18-6-4-5-17(2)15-18/h4-8,10-11,15H,9,12-14H2,1-3H3,(H,21,23). The average Bonchev–Trinajstić information content (AvgIpc) is 2.60. The molecule has 0 spiro atoms. The molecule has 5 nitrogen and oxygen atoms in total. The molecule has 0 aliphatic heterocycles. The van der Waals surface area contributed by atoms with Crippen LogP contribution in [0, 0.1) is 13.8 Å². The number of likely N-dealkylation sites (N-methyl/N-ethyl adjacent to an activating group) is 1. The lowest BCUT2D eigenvalue weighted by atomic mass is 10.1. The van der Waals surface area contributed by atoms with Gasteiger partial charge in [0.15, 0.2) is 0 Å². The van der Waals surface area contributed by atoms with E-state index in [1.807, 2.05) is 32.0 Å². The Bertz CT molecular complexity index is 846. The second kappa shape index (κ2) is 8.96. The normalized spacial score (nSPS) is 11.5. The van der Waals surface area contributed by atoms with Crippen molar-refractivity contribution in [1.29, 1.82) is 0 Å². The van der Waals surface area contributed by atoms with E-state index in [2.05, 4.69) is 11.4 Å². The van der Waals surface area contributed by atoms with Crippen LogP contribution < -0.4 is 5.32 Å². The van der Waals surface area contributed by atoms with Crippen LogP contribution in [0.25, 0.3) is 0 Å². The molecule has 2 aromatic rings. The van der Waals surface area contributed by atoms with Crippen molar-refractivity contribution in [2.45, 2.75) is 31.6 Å². The highest BCUT2D eigenvalue weighted by Gasteiger charge is 2.20. The lowest BCUT2D eigenvalue weighted by Crippen LogP contribution is -2.36. The van der Waals surface area contributed by atoms with E-state index in [1.54, 1.807) is 24.3 Å². The van der Waals surface area contributed by atoms with Crippen LogP contribution in [0.3, 0.4) is 0 Å². The number of carbonyl (C=O) groups excluding carboxylic acids is 1. The van der Waals surface area contributed by atoms with E-state index in [9.17, 15) is 13.2 Å². The van der Waals surface area contributed by atoms with Gasteiger partial charge in [-0.3, -0.25) is 4.79 Å². The zero-order valence-electron chi connectivity index (χ0n) is 15.5. The minimum absolute atomic E-state index is 0.0763. The first-order chi connectivity index (χ1) is 12.3. The summed E-state index contributed by atoms with van der Waals surface area (Å²) in [5.74, 6) is -0.0763. The molecule has 0 bridgehead atoms. The number of hydrogen-bond donors (Lipinski definition) is 1. The molecule has 0 aromatic heterocycles. The molecular formula is C20H26N2O3S. The summed E-state index contributed by atoms with van der Waals surface area (Å²) < 4.78 is 26.2. The molecule has 2 aromatic carbocycles. The third-order valence-corrected chi connectivity index (χ3v) is 6.07. The molecule has 140 valence electrons. The van der Waals surface area contributed by atoms with Gasteiger partial charge in [-0.25, -0.2) is 8.42 Å². The quantitative estimate of drug-likeness (QED) is 0.772. The van der Waals surface area contributed by atoms with Crippen molar-refractivity contribution in [2.75, 3.05) is 20.1 Å². The molecule has 6 heteroatoms.